The highest BCUT2D eigenvalue weighted by atomic mass is 32.1. The van der Waals surface area contributed by atoms with Gasteiger partial charge in [-0.15, -0.1) is 10.2 Å². The number of aromatic nitrogens is 2. The molecular formula is C19H24N4OS. The van der Waals surface area contributed by atoms with Crippen LogP contribution in [0.3, 0.4) is 0 Å². The number of rotatable bonds is 4. The van der Waals surface area contributed by atoms with E-state index in [0.29, 0.717) is 10.7 Å². The molecule has 1 amide bonds. The highest BCUT2D eigenvalue weighted by Crippen LogP contribution is 2.28. The van der Waals surface area contributed by atoms with Gasteiger partial charge in [-0.1, -0.05) is 49.5 Å². The third-order valence-electron chi connectivity index (χ3n) is 5.23. The van der Waals surface area contributed by atoms with Crippen molar-refractivity contribution in [1.82, 2.24) is 15.5 Å². The van der Waals surface area contributed by atoms with E-state index in [-0.39, 0.29) is 5.91 Å². The molecule has 0 radical (unpaired) electrons. The van der Waals surface area contributed by atoms with Gasteiger partial charge in [-0.05, 0) is 42.1 Å². The minimum absolute atomic E-state index is 0.0956. The summed E-state index contributed by atoms with van der Waals surface area (Å²) in [6.45, 7) is 1.86. The Labute approximate surface area is 152 Å². The summed E-state index contributed by atoms with van der Waals surface area (Å²) in [5.74, 6) is 0.640. The molecule has 1 aliphatic carbocycles. The van der Waals surface area contributed by atoms with E-state index in [0.717, 1.165) is 36.9 Å². The maximum absolute atomic E-state index is 12.5. The number of hydrogen-bond acceptors (Lipinski definition) is 5. The predicted octanol–water partition coefficient (Wildman–Crippen LogP) is 3.56. The van der Waals surface area contributed by atoms with E-state index in [1.807, 2.05) is 18.2 Å². The first kappa shape index (κ1) is 16.7. The molecule has 2 N–H and O–H groups in total. The molecule has 2 aromatic rings. The number of nitrogens with one attached hydrogen (secondary N) is 2. The molecule has 0 saturated heterocycles. The lowest BCUT2D eigenvalue weighted by molar-refractivity contribution is 0.102. The SMILES string of the molecule is O=C(Nc1nnc(CC2CCCCC2)s1)c1ccc2c(c1)CCNC2. The van der Waals surface area contributed by atoms with E-state index >= 15 is 0 Å². The Hall–Kier alpha value is -1.79. The van der Waals surface area contributed by atoms with Crippen LogP contribution < -0.4 is 10.6 Å². The van der Waals surface area contributed by atoms with Crippen molar-refractivity contribution in [3.05, 3.63) is 39.9 Å². The first-order valence-corrected chi connectivity index (χ1v) is 10.1. The Morgan fingerprint density at radius 2 is 2.08 bits per heavy atom. The Balaban J connectivity index is 1.39. The molecule has 6 heteroatoms. The van der Waals surface area contributed by atoms with E-state index in [9.17, 15) is 4.79 Å². The molecule has 0 bridgehead atoms. The molecule has 0 atom stereocenters. The molecule has 1 aromatic carbocycles. The minimum atomic E-state index is -0.0956. The zero-order valence-electron chi connectivity index (χ0n) is 14.4. The van der Waals surface area contributed by atoms with Crippen LogP contribution in [-0.4, -0.2) is 22.6 Å². The van der Waals surface area contributed by atoms with Crippen molar-refractivity contribution in [3.8, 4) is 0 Å². The quantitative estimate of drug-likeness (QED) is 0.879. The van der Waals surface area contributed by atoms with Crippen LogP contribution in [-0.2, 0) is 19.4 Å². The number of benzene rings is 1. The lowest BCUT2D eigenvalue weighted by Gasteiger charge is -2.19. The van der Waals surface area contributed by atoms with Gasteiger partial charge in [0.1, 0.15) is 5.01 Å². The Morgan fingerprint density at radius 3 is 2.96 bits per heavy atom. The molecule has 1 saturated carbocycles. The number of carbonyl (C=O) groups is 1. The summed E-state index contributed by atoms with van der Waals surface area (Å²) in [6, 6.07) is 5.95. The summed E-state index contributed by atoms with van der Waals surface area (Å²) >= 11 is 1.51. The van der Waals surface area contributed by atoms with Crippen LogP contribution in [0.25, 0.3) is 0 Å². The van der Waals surface area contributed by atoms with Gasteiger partial charge < -0.3 is 5.32 Å². The fraction of sp³-hybridized carbons (Fsp3) is 0.526. The monoisotopic (exact) mass is 356 g/mol. The van der Waals surface area contributed by atoms with Gasteiger partial charge in [0, 0.05) is 18.5 Å². The topological polar surface area (TPSA) is 66.9 Å². The molecule has 25 heavy (non-hydrogen) atoms. The number of amides is 1. The second kappa shape index (κ2) is 7.62. The van der Waals surface area contributed by atoms with Crippen LogP contribution in [0.1, 0.15) is 58.6 Å². The Morgan fingerprint density at radius 1 is 1.20 bits per heavy atom. The van der Waals surface area contributed by atoms with Gasteiger partial charge in [0.15, 0.2) is 0 Å². The number of fused-ring (bicyclic) bond motifs is 1. The average molecular weight is 356 g/mol. The summed E-state index contributed by atoms with van der Waals surface area (Å²) in [5.41, 5.74) is 3.25. The van der Waals surface area contributed by atoms with Crippen molar-refractivity contribution >= 4 is 22.4 Å². The fourth-order valence-corrected chi connectivity index (χ4v) is 4.66. The van der Waals surface area contributed by atoms with E-state index in [1.54, 1.807) is 0 Å². The van der Waals surface area contributed by atoms with Gasteiger partial charge in [-0.2, -0.15) is 0 Å². The number of anilines is 1. The van der Waals surface area contributed by atoms with Gasteiger partial charge in [0.25, 0.3) is 5.91 Å². The highest BCUT2D eigenvalue weighted by Gasteiger charge is 2.18. The third-order valence-corrected chi connectivity index (χ3v) is 6.09. The van der Waals surface area contributed by atoms with Crippen LogP contribution in [0, 0.1) is 5.92 Å². The first-order chi connectivity index (χ1) is 12.3. The molecule has 1 aromatic heterocycles. The Bertz CT molecular complexity index is 752. The van der Waals surface area contributed by atoms with Crippen molar-refractivity contribution in [1.29, 1.82) is 0 Å². The van der Waals surface area contributed by atoms with Gasteiger partial charge in [-0.3, -0.25) is 10.1 Å². The Kier molecular flexibility index (Phi) is 5.08. The predicted molar refractivity (Wildman–Crippen MR) is 100.0 cm³/mol. The highest BCUT2D eigenvalue weighted by molar-refractivity contribution is 7.15. The van der Waals surface area contributed by atoms with Crippen LogP contribution in [0.4, 0.5) is 5.13 Å². The minimum Gasteiger partial charge on any atom is -0.312 e. The van der Waals surface area contributed by atoms with Crippen LogP contribution in [0.2, 0.25) is 0 Å². The average Bonchev–Trinajstić information content (AvgIpc) is 3.09. The molecule has 2 heterocycles. The smallest absolute Gasteiger partial charge is 0.257 e. The third kappa shape index (κ3) is 4.07. The van der Waals surface area contributed by atoms with Crippen LogP contribution in [0.5, 0.6) is 0 Å². The molecule has 132 valence electrons. The zero-order chi connectivity index (χ0) is 17.1. The van der Waals surface area contributed by atoms with E-state index < -0.39 is 0 Å². The summed E-state index contributed by atoms with van der Waals surface area (Å²) in [4.78, 5) is 12.5. The van der Waals surface area contributed by atoms with Crippen LogP contribution in [0.15, 0.2) is 18.2 Å². The molecule has 1 aliphatic heterocycles. The second-order valence-corrected chi connectivity index (χ2v) is 8.14. The second-order valence-electron chi connectivity index (χ2n) is 7.07. The van der Waals surface area contributed by atoms with Crippen molar-refractivity contribution in [2.75, 3.05) is 11.9 Å². The van der Waals surface area contributed by atoms with Gasteiger partial charge in [-0.25, -0.2) is 0 Å². The largest absolute Gasteiger partial charge is 0.312 e. The first-order valence-electron chi connectivity index (χ1n) is 9.24. The maximum atomic E-state index is 12.5. The molecule has 0 spiro atoms. The molecule has 0 unspecified atom stereocenters. The lowest BCUT2D eigenvalue weighted by atomic mass is 9.87. The molecular weight excluding hydrogens is 332 g/mol. The molecule has 4 rings (SSSR count). The van der Waals surface area contributed by atoms with Crippen molar-refractivity contribution in [2.24, 2.45) is 5.92 Å². The van der Waals surface area contributed by atoms with Crippen molar-refractivity contribution < 1.29 is 4.79 Å². The number of nitrogens with zero attached hydrogens (tertiary/aromatic N) is 2. The summed E-state index contributed by atoms with van der Waals surface area (Å²) in [5, 5.41) is 16.3. The summed E-state index contributed by atoms with van der Waals surface area (Å²) in [7, 11) is 0. The van der Waals surface area contributed by atoms with Gasteiger partial charge in [0.05, 0.1) is 0 Å². The molecule has 2 aliphatic rings. The van der Waals surface area contributed by atoms with Crippen molar-refractivity contribution in [3.63, 3.8) is 0 Å². The zero-order valence-corrected chi connectivity index (χ0v) is 15.2. The summed E-state index contributed by atoms with van der Waals surface area (Å²) < 4.78 is 0. The van der Waals surface area contributed by atoms with E-state index in [1.165, 1.54) is 54.6 Å². The number of carbonyl (C=O) groups excluding carboxylic acids is 1. The maximum Gasteiger partial charge on any atom is 0.257 e. The van der Waals surface area contributed by atoms with E-state index in [4.69, 9.17) is 0 Å². The molecule has 1 fully saturated rings. The standard InChI is InChI=1S/C19H24N4OS/c24-18(15-6-7-16-12-20-9-8-14(16)11-15)21-19-23-22-17(25-19)10-13-4-2-1-3-5-13/h6-7,11,13,20H,1-5,8-10,12H2,(H,21,23,24). The van der Waals surface area contributed by atoms with Gasteiger partial charge >= 0.3 is 0 Å². The lowest BCUT2D eigenvalue weighted by Crippen LogP contribution is -2.24. The fourth-order valence-electron chi connectivity index (χ4n) is 3.81. The normalized spacial score (nSPS) is 17.9. The van der Waals surface area contributed by atoms with Crippen molar-refractivity contribution in [2.45, 2.75) is 51.5 Å². The van der Waals surface area contributed by atoms with Crippen LogP contribution >= 0.6 is 11.3 Å². The number of hydrogen-bond donors (Lipinski definition) is 2. The summed E-state index contributed by atoms with van der Waals surface area (Å²) in [6.07, 6.45) is 8.60. The van der Waals surface area contributed by atoms with E-state index in [2.05, 4.69) is 20.8 Å². The van der Waals surface area contributed by atoms with Gasteiger partial charge in [0.2, 0.25) is 5.13 Å². The molecule has 5 nitrogen and oxygen atoms in total.